The van der Waals surface area contributed by atoms with Crippen molar-refractivity contribution in [2.24, 2.45) is 12.0 Å². The van der Waals surface area contributed by atoms with E-state index in [4.69, 9.17) is 0 Å². The van der Waals surface area contributed by atoms with Crippen molar-refractivity contribution >= 4 is 22.8 Å². The summed E-state index contributed by atoms with van der Waals surface area (Å²) in [5.74, 6) is 1.49. The van der Waals surface area contributed by atoms with E-state index in [0.717, 1.165) is 34.9 Å². The number of hydrogen-bond acceptors (Lipinski definition) is 6. The molecular formula is C20H28N8O. The number of aliphatic hydroxyl groups excluding tert-OH is 1. The first-order valence-electron chi connectivity index (χ1n) is 9.80. The minimum absolute atomic E-state index is 0.510. The van der Waals surface area contributed by atoms with Crippen molar-refractivity contribution in [1.29, 1.82) is 0 Å². The average molecular weight is 396 g/mol. The topological polar surface area (TPSA) is 112 Å². The Morgan fingerprint density at radius 3 is 2.79 bits per heavy atom. The summed E-state index contributed by atoms with van der Waals surface area (Å²) >= 11 is 0. The molecule has 4 N–H and O–H groups in total. The molecule has 154 valence electrons. The molecule has 29 heavy (non-hydrogen) atoms. The highest BCUT2D eigenvalue weighted by atomic mass is 16.3. The average Bonchev–Trinajstić information content (AvgIpc) is 3.13. The molecule has 3 rings (SSSR count). The fraction of sp³-hybridized carbons (Fsp3) is 0.400. The molecule has 0 aliphatic carbocycles. The van der Waals surface area contributed by atoms with Crippen molar-refractivity contribution in [3.63, 3.8) is 0 Å². The maximum Gasteiger partial charge on any atom is 0.191 e. The van der Waals surface area contributed by atoms with Gasteiger partial charge < -0.3 is 21.1 Å². The summed E-state index contributed by atoms with van der Waals surface area (Å²) < 4.78 is 1.72. The monoisotopic (exact) mass is 396 g/mol. The summed E-state index contributed by atoms with van der Waals surface area (Å²) in [6, 6.07) is 9.65. The molecular weight excluding hydrogens is 368 g/mol. The van der Waals surface area contributed by atoms with Gasteiger partial charge in [-0.25, -0.2) is 9.97 Å². The van der Waals surface area contributed by atoms with Crippen molar-refractivity contribution in [2.45, 2.75) is 19.4 Å². The number of aromatic nitrogens is 4. The lowest BCUT2D eigenvalue weighted by atomic mass is 10.1. The number of guanidine groups is 1. The van der Waals surface area contributed by atoms with E-state index in [1.807, 2.05) is 44.3 Å². The first-order valence-corrected chi connectivity index (χ1v) is 9.80. The van der Waals surface area contributed by atoms with Crippen LogP contribution in [0.15, 0.2) is 47.8 Å². The van der Waals surface area contributed by atoms with Gasteiger partial charge in [0.15, 0.2) is 11.6 Å². The molecule has 0 amide bonds. The Bertz CT molecular complexity index is 925. The predicted octanol–water partition coefficient (Wildman–Crippen LogP) is 1.45. The first kappa shape index (κ1) is 20.5. The molecule has 1 atom stereocenters. The summed E-state index contributed by atoms with van der Waals surface area (Å²) in [5.41, 5.74) is 1.71. The molecule has 9 nitrogen and oxygen atoms in total. The SMILES string of the molecule is CCNC(=NCCC(O)c1ccccc1)NCCNc1ncnc2c1cnn2C. The van der Waals surface area contributed by atoms with Crippen LogP contribution >= 0.6 is 0 Å². The van der Waals surface area contributed by atoms with E-state index in [0.29, 0.717) is 26.1 Å². The fourth-order valence-electron chi connectivity index (χ4n) is 2.95. The molecule has 0 aliphatic rings. The van der Waals surface area contributed by atoms with Crippen molar-refractivity contribution in [3.05, 3.63) is 48.4 Å². The van der Waals surface area contributed by atoms with E-state index in [2.05, 4.69) is 36.0 Å². The number of aliphatic imine (C=N–C) groups is 1. The second-order valence-electron chi connectivity index (χ2n) is 6.56. The van der Waals surface area contributed by atoms with Gasteiger partial charge >= 0.3 is 0 Å². The van der Waals surface area contributed by atoms with E-state index in [1.165, 1.54) is 6.33 Å². The smallest absolute Gasteiger partial charge is 0.191 e. The van der Waals surface area contributed by atoms with Crippen LogP contribution in [0.2, 0.25) is 0 Å². The maximum absolute atomic E-state index is 10.3. The van der Waals surface area contributed by atoms with Gasteiger partial charge in [0.25, 0.3) is 0 Å². The van der Waals surface area contributed by atoms with Crippen molar-refractivity contribution in [2.75, 3.05) is 31.5 Å². The third-order valence-corrected chi connectivity index (χ3v) is 4.44. The van der Waals surface area contributed by atoms with Crippen LogP contribution in [0.25, 0.3) is 11.0 Å². The van der Waals surface area contributed by atoms with E-state index >= 15 is 0 Å². The van der Waals surface area contributed by atoms with Crippen molar-refractivity contribution in [1.82, 2.24) is 30.4 Å². The van der Waals surface area contributed by atoms with Gasteiger partial charge in [-0.3, -0.25) is 9.67 Å². The maximum atomic E-state index is 10.3. The number of nitrogens with one attached hydrogen (secondary N) is 3. The Kier molecular flexibility index (Phi) is 7.34. The number of benzene rings is 1. The Labute approximate surface area is 170 Å². The number of aliphatic hydroxyl groups is 1. The highest BCUT2D eigenvalue weighted by molar-refractivity contribution is 5.86. The Hall–Kier alpha value is -3.20. The van der Waals surface area contributed by atoms with Gasteiger partial charge in [-0.05, 0) is 18.9 Å². The summed E-state index contributed by atoms with van der Waals surface area (Å²) in [6.07, 6.45) is 3.35. The normalized spacial score (nSPS) is 12.7. The Morgan fingerprint density at radius 1 is 1.17 bits per heavy atom. The zero-order valence-electron chi connectivity index (χ0n) is 16.8. The summed E-state index contributed by atoms with van der Waals surface area (Å²) in [5, 5.41) is 25.2. The third kappa shape index (κ3) is 5.64. The van der Waals surface area contributed by atoms with E-state index < -0.39 is 6.10 Å². The Balaban J connectivity index is 1.47. The second kappa shape index (κ2) is 10.4. The van der Waals surface area contributed by atoms with E-state index in [9.17, 15) is 5.11 Å². The van der Waals surface area contributed by atoms with E-state index in [-0.39, 0.29) is 0 Å². The molecule has 1 aromatic carbocycles. The van der Waals surface area contributed by atoms with Gasteiger partial charge in [0, 0.05) is 33.2 Å². The molecule has 2 heterocycles. The van der Waals surface area contributed by atoms with Gasteiger partial charge in [0.05, 0.1) is 17.7 Å². The highest BCUT2D eigenvalue weighted by Crippen LogP contribution is 2.17. The molecule has 0 radical (unpaired) electrons. The van der Waals surface area contributed by atoms with Crippen molar-refractivity contribution in [3.8, 4) is 0 Å². The van der Waals surface area contributed by atoms with Gasteiger partial charge in [0.2, 0.25) is 0 Å². The van der Waals surface area contributed by atoms with Crippen LogP contribution in [0.4, 0.5) is 5.82 Å². The van der Waals surface area contributed by atoms with Gasteiger partial charge in [-0.15, -0.1) is 0 Å². The number of fused-ring (bicyclic) bond motifs is 1. The Morgan fingerprint density at radius 2 is 2.00 bits per heavy atom. The number of aryl methyl sites for hydroxylation is 1. The minimum atomic E-state index is -0.510. The van der Waals surface area contributed by atoms with Crippen LogP contribution < -0.4 is 16.0 Å². The zero-order valence-corrected chi connectivity index (χ0v) is 16.8. The largest absolute Gasteiger partial charge is 0.388 e. The number of nitrogens with zero attached hydrogens (tertiary/aromatic N) is 5. The molecule has 0 saturated heterocycles. The van der Waals surface area contributed by atoms with Crippen LogP contribution in [0.5, 0.6) is 0 Å². The summed E-state index contributed by atoms with van der Waals surface area (Å²) in [7, 11) is 1.86. The highest BCUT2D eigenvalue weighted by Gasteiger charge is 2.08. The lowest BCUT2D eigenvalue weighted by Crippen LogP contribution is -2.39. The van der Waals surface area contributed by atoms with Gasteiger partial charge in [-0.1, -0.05) is 30.3 Å². The van der Waals surface area contributed by atoms with Crippen LogP contribution in [-0.4, -0.2) is 57.0 Å². The van der Waals surface area contributed by atoms with Gasteiger partial charge in [-0.2, -0.15) is 5.10 Å². The summed E-state index contributed by atoms with van der Waals surface area (Å²) in [4.78, 5) is 13.1. The quantitative estimate of drug-likeness (QED) is 0.246. The summed E-state index contributed by atoms with van der Waals surface area (Å²) in [6.45, 7) is 4.65. The predicted molar refractivity (Wildman–Crippen MR) is 115 cm³/mol. The molecule has 1 unspecified atom stereocenters. The molecule has 0 fully saturated rings. The fourth-order valence-corrected chi connectivity index (χ4v) is 2.95. The van der Waals surface area contributed by atoms with Crippen LogP contribution in [0.1, 0.15) is 25.0 Å². The lowest BCUT2D eigenvalue weighted by Gasteiger charge is -2.13. The molecule has 9 heteroatoms. The molecule has 0 spiro atoms. The van der Waals surface area contributed by atoms with Crippen LogP contribution in [0.3, 0.4) is 0 Å². The standard InChI is InChI=1S/C20H28N8O/c1-3-21-20(23-10-9-17(29)15-7-5-4-6-8-15)24-12-11-22-18-16-13-27-28(2)19(16)26-14-25-18/h4-8,13-14,17,29H,3,9-12H2,1-2H3,(H2,21,23,24)(H,22,25,26). The second-order valence-corrected chi connectivity index (χ2v) is 6.56. The number of anilines is 1. The minimum Gasteiger partial charge on any atom is -0.388 e. The van der Waals surface area contributed by atoms with Gasteiger partial charge in [0.1, 0.15) is 12.1 Å². The van der Waals surface area contributed by atoms with Crippen LogP contribution in [0, 0.1) is 0 Å². The number of rotatable bonds is 9. The first-order chi connectivity index (χ1) is 14.2. The third-order valence-electron chi connectivity index (χ3n) is 4.44. The molecule has 0 aliphatic heterocycles. The number of hydrogen-bond donors (Lipinski definition) is 4. The molecule has 0 saturated carbocycles. The van der Waals surface area contributed by atoms with Crippen LogP contribution in [-0.2, 0) is 7.05 Å². The molecule has 2 aromatic heterocycles. The van der Waals surface area contributed by atoms with E-state index in [1.54, 1.807) is 10.9 Å². The molecule has 3 aromatic rings. The van der Waals surface area contributed by atoms with Crippen molar-refractivity contribution < 1.29 is 5.11 Å². The lowest BCUT2D eigenvalue weighted by molar-refractivity contribution is 0.170. The molecule has 0 bridgehead atoms. The zero-order chi connectivity index (χ0) is 20.5.